The van der Waals surface area contributed by atoms with Crippen LogP contribution < -0.4 is 4.74 Å². The van der Waals surface area contributed by atoms with E-state index < -0.39 is 0 Å². The zero-order valence-corrected chi connectivity index (χ0v) is 7.85. The molecule has 0 atom stereocenters. The fourth-order valence-corrected chi connectivity index (χ4v) is 1.00. The van der Waals surface area contributed by atoms with Gasteiger partial charge in [-0.15, -0.1) is 0 Å². The highest BCUT2D eigenvalue weighted by atomic mass is 16.5. The van der Waals surface area contributed by atoms with Gasteiger partial charge >= 0.3 is 0 Å². The van der Waals surface area contributed by atoms with Crippen molar-refractivity contribution in [2.75, 3.05) is 0 Å². The first kappa shape index (κ1) is 8.85. The molecule has 0 radical (unpaired) electrons. The lowest BCUT2D eigenvalue weighted by atomic mass is 10.1. The van der Waals surface area contributed by atoms with Gasteiger partial charge in [0.15, 0.2) is 0 Å². The Morgan fingerprint density at radius 3 is 2.58 bits per heavy atom. The zero-order chi connectivity index (χ0) is 9.14. The smallest absolute Gasteiger partial charge is 0.130 e. The van der Waals surface area contributed by atoms with Crippen LogP contribution in [0.5, 0.6) is 5.75 Å². The number of hydrogen-bond acceptors (Lipinski definition) is 1. The van der Waals surface area contributed by atoms with Crippen molar-refractivity contribution in [1.82, 2.24) is 0 Å². The second-order valence-electron chi connectivity index (χ2n) is 3.07. The van der Waals surface area contributed by atoms with E-state index in [1.54, 1.807) is 0 Å². The molecule has 0 spiro atoms. The van der Waals surface area contributed by atoms with E-state index in [1.165, 1.54) is 5.56 Å². The molecule has 0 aliphatic carbocycles. The van der Waals surface area contributed by atoms with E-state index in [-0.39, 0.29) is 0 Å². The molecule has 1 rings (SSSR count). The van der Waals surface area contributed by atoms with Gasteiger partial charge in [-0.1, -0.05) is 18.7 Å². The monoisotopic (exact) mass is 162 g/mol. The number of rotatable bonds is 2. The predicted molar refractivity (Wildman–Crippen MR) is 51.4 cm³/mol. The molecule has 12 heavy (non-hydrogen) atoms. The summed E-state index contributed by atoms with van der Waals surface area (Å²) in [5.41, 5.74) is 2.35. The average Bonchev–Trinajstić information content (AvgIpc) is 1.96. The third-order valence-electron chi connectivity index (χ3n) is 1.63. The highest BCUT2D eigenvalue weighted by Crippen LogP contribution is 2.20. The summed E-state index contributed by atoms with van der Waals surface area (Å²) in [6.45, 7) is 9.62. The molecule has 0 fully saturated rings. The minimum atomic E-state index is 0.726. The van der Waals surface area contributed by atoms with E-state index in [0.29, 0.717) is 0 Å². The van der Waals surface area contributed by atoms with Crippen molar-refractivity contribution in [3.8, 4) is 5.75 Å². The molecule has 1 heteroatoms. The molecule has 0 bridgehead atoms. The molecule has 1 aromatic rings. The normalized spacial score (nSPS) is 9.58. The molecule has 0 saturated heterocycles. The topological polar surface area (TPSA) is 9.23 Å². The van der Waals surface area contributed by atoms with E-state index >= 15 is 0 Å². The fraction of sp³-hybridized carbons (Fsp3) is 0.273. The first-order valence-corrected chi connectivity index (χ1v) is 4.00. The lowest BCUT2D eigenvalue weighted by Gasteiger charge is -2.08. The first-order chi connectivity index (χ1) is 5.59. The van der Waals surface area contributed by atoms with Crippen LogP contribution in [-0.2, 0) is 0 Å². The summed E-state index contributed by atoms with van der Waals surface area (Å²) in [7, 11) is 0. The van der Waals surface area contributed by atoms with E-state index in [4.69, 9.17) is 4.74 Å². The van der Waals surface area contributed by atoms with Gasteiger partial charge in [-0.2, -0.15) is 0 Å². The third-order valence-corrected chi connectivity index (χ3v) is 1.63. The Balaban J connectivity index is 2.97. The molecule has 0 heterocycles. The van der Waals surface area contributed by atoms with Crippen molar-refractivity contribution in [3.05, 3.63) is 41.7 Å². The van der Waals surface area contributed by atoms with Crippen LogP contribution in [0.1, 0.15) is 18.1 Å². The van der Waals surface area contributed by atoms with Gasteiger partial charge in [-0.25, -0.2) is 0 Å². The van der Waals surface area contributed by atoms with Crippen LogP contribution in [0.4, 0.5) is 0 Å². The van der Waals surface area contributed by atoms with Crippen molar-refractivity contribution >= 4 is 0 Å². The summed E-state index contributed by atoms with van der Waals surface area (Å²) >= 11 is 0. The second-order valence-corrected chi connectivity index (χ2v) is 3.07. The molecular formula is C11H14O. The van der Waals surface area contributed by atoms with E-state index in [1.807, 2.05) is 32.9 Å². The quantitative estimate of drug-likeness (QED) is 0.607. The summed E-state index contributed by atoms with van der Waals surface area (Å²) in [6.07, 6.45) is 0. The molecule has 0 aromatic heterocycles. The van der Waals surface area contributed by atoms with Gasteiger partial charge in [0.1, 0.15) is 5.75 Å². The fourth-order valence-electron chi connectivity index (χ4n) is 1.00. The summed E-state index contributed by atoms with van der Waals surface area (Å²) in [6, 6.07) is 6.14. The Kier molecular flexibility index (Phi) is 2.54. The largest absolute Gasteiger partial charge is 0.462 e. The van der Waals surface area contributed by atoms with Crippen LogP contribution in [0.15, 0.2) is 30.5 Å². The lowest BCUT2D eigenvalue weighted by molar-refractivity contribution is 0.427. The Labute approximate surface area is 73.7 Å². The highest BCUT2D eigenvalue weighted by Gasteiger charge is 1.98. The van der Waals surface area contributed by atoms with Crippen molar-refractivity contribution in [2.24, 2.45) is 0 Å². The van der Waals surface area contributed by atoms with Crippen LogP contribution in [-0.4, -0.2) is 0 Å². The second kappa shape index (κ2) is 3.44. The molecule has 0 amide bonds. The maximum atomic E-state index is 5.43. The SMILES string of the molecule is C=C(C)Oc1cc(C)ccc1C. The van der Waals surface area contributed by atoms with Gasteiger partial charge in [-0.3, -0.25) is 0 Å². The first-order valence-electron chi connectivity index (χ1n) is 4.00. The Morgan fingerprint density at radius 1 is 1.33 bits per heavy atom. The highest BCUT2D eigenvalue weighted by molar-refractivity contribution is 5.36. The summed E-state index contributed by atoms with van der Waals surface area (Å²) in [4.78, 5) is 0. The predicted octanol–water partition coefficient (Wildman–Crippen LogP) is 3.22. The van der Waals surface area contributed by atoms with Gasteiger partial charge in [0.2, 0.25) is 0 Å². The van der Waals surface area contributed by atoms with Crippen LogP contribution >= 0.6 is 0 Å². The minimum Gasteiger partial charge on any atom is -0.462 e. The number of allylic oxidation sites excluding steroid dienone is 1. The summed E-state index contributed by atoms with van der Waals surface area (Å²) in [5.74, 6) is 1.63. The van der Waals surface area contributed by atoms with Crippen molar-refractivity contribution < 1.29 is 4.74 Å². The molecule has 64 valence electrons. The number of benzene rings is 1. The number of ether oxygens (including phenoxy) is 1. The molecule has 0 N–H and O–H groups in total. The van der Waals surface area contributed by atoms with Crippen molar-refractivity contribution in [2.45, 2.75) is 20.8 Å². The maximum Gasteiger partial charge on any atom is 0.130 e. The van der Waals surface area contributed by atoms with E-state index in [9.17, 15) is 0 Å². The number of hydrogen-bond donors (Lipinski definition) is 0. The Hall–Kier alpha value is -1.24. The summed E-state index contributed by atoms with van der Waals surface area (Å²) < 4.78 is 5.43. The van der Waals surface area contributed by atoms with Crippen LogP contribution in [0, 0.1) is 13.8 Å². The summed E-state index contributed by atoms with van der Waals surface area (Å²) in [5, 5.41) is 0. The molecule has 0 aliphatic heterocycles. The molecule has 0 saturated carbocycles. The van der Waals surface area contributed by atoms with Gasteiger partial charge in [0, 0.05) is 0 Å². The molecule has 1 nitrogen and oxygen atoms in total. The van der Waals surface area contributed by atoms with E-state index in [2.05, 4.69) is 12.6 Å². The molecule has 0 unspecified atom stereocenters. The third kappa shape index (κ3) is 2.12. The van der Waals surface area contributed by atoms with Gasteiger partial charge in [-0.05, 0) is 38.0 Å². The molecular weight excluding hydrogens is 148 g/mol. The van der Waals surface area contributed by atoms with Gasteiger partial charge in [0.25, 0.3) is 0 Å². The number of aryl methyl sites for hydroxylation is 2. The van der Waals surface area contributed by atoms with Crippen LogP contribution in [0.3, 0.4) is 0 Å². The molecule has 1 aromatic carbocycles. The van der Waals surface area contributed by atoms with Crippen molar-refractivity contribution in [1.29, 1.82) is 0 Å². The van der Waals surface area contributed by atoms with E-state index in [0.717, 1.165) is 17.1 Å². The van der Waals surface area contributed by atoms with Gasteiger partial charge in [0.05, 0.1) is 5.76 Å². The average molecular weight is 162 g/mol. The lowest BCUT2D eigenvalue weighted by Crippen LogP contribution is -1.91. The Morgan fingerprint density at radius 2 is 2.00 bits per heavy atom. The maximum absolute atomic E-state index is 5.43. The molecule has 0 aliphatic rings. The standard InChI is InChI=1S/C11H14O/c1-8(2)12-11-7-9(3)5-6-10(11)4/h5-7H,1H2,2-4H3. The Bertz CT molecular complexity index is 300. The minimum absolute atomic E-state index is 0.726. The zero-order valence-electron chi connectivity index (χ0n) is 7.85. The van der Waals surface area contributed by atoms with Crippen molar-refractivity contribution in [3.63, 3.8) is 0 Å². The van der Waals surface area contributed by atoms with Gasteiger partial charge < -0.3 is 4.74 Å². The van der Waals surface area contributed by atoms with Crippen LogP contribution in [0.25, 0.3) is 0 Å². The van der Waals surface area contributed by atoms with Crippen LogP contribution in [0.2, 0.25) is 0 Å².